The fourth-order valence-corrected chi connectivity index (χ4v) is 7.29. The van der Waals surface area contributed by atoms with Crippen molar-refractivity contribution in [2.75, 3.05) is 13.2 Å². The maximum Gasteiger partial charge on any atom is 0.304 e. The summed E-state index contributed by atoms with van der Waals surface area (Å²) in [5.74, 6) is -1.27. The van der Waals surface area contributed by atoms with Crippen LogP contribution in [0.25, 0.3) is 0 Å². The van der Waals surface area contributed by atoms with Crippen molar-refractivity contribution in [3.63, 3.8) is 0 Å². The Hall–Kier alpha value is -1.94. The Morgan fingerprint density at radius 1 is 1.18 bits per heavy atom. The fraction of sp³-hybridized carbons (Fsp3) is 0.750. The van der Waals surface area contributed by atoms with E-state index in [1.807, 2.05) is 13.0 Å². The van der Waals surface area contributed by atoms with Crippen molar-refractivity contribution in [1.82, 2.24) is 0 Å². The van der Waals surface area contributed by atoms with Gasteiger partial charge >= 0.3 is 11.9 Å². The zero-order valence-corrected chi connectivity index (χ0v) is 19.2. The summed E-state index contributed by atoms with van der Waals surface area (Å²) in [6.45, 7) is 4.92. The highest BCUT2D eigenvalue weighted by atomic mass is 16.7. The van der Waals surface area contributed by atoms with Crippen molar-refractivity contribution in [3.05, 3.63) is 24.2 Å². The first kappa shape index (κ1) is 22.8. The molecule has 1 aromatic rings. The van der Waals surface area contributed by atoms with Crippen LogP contribution in [0.5, 0.6) is 0 Å². The summed E-state index contributed by atoms with van der Waals surface area (Å²) in [6, 6.07) is 1.83. The second kappa shape index (κ2) is 7.80. The standard InChI is InChI=1S/C24H32O9/c1-13-8-20(28)23(11-30-14(2)25)18(4-5-19(27)24(23)12-31-24)22(13)9-17(16-6-7-29-10-16)33-21(22)32-15(3)26/h6-7,10,13,17-21,27-28H,4-5,8-9,11-12H2,1-3H3/t13-,17+,18-,19+,20+,21+,22-,23+,24-/m1/s1. The molecule has 2 saturated heterocycles. The Morgan fingerprint density at radius 2 is 1.94 bits per heavy atom. The van der Waals surface area contributed by atoms with Crippen LogP contribution in [0, 0.1) is 22.7 Å². The van der Waals surface area contributed by atoms with Gasteiger partial charge in [0.2, 0.25) is 6.29 Å². The molecule has 3 heterocycles. The first-order chi connectivity index (χ1) is 15.7. The SMILES string of the molecule is CC(=O)OC[C@@]12[C@H](CC[C@H](O)[C@]13CO3)[C@@]1(C[C@@H](c3ccoc3)O[C@@H]1OC(C)=O)[C@H](C)C[C@@H]2O. The van der Waals surface area contributed by atoms with Crippen molar-refractivity contribution < 1.29 is 43.2 Å². The first-order valence-corrected chi connectivity index (χ1v) is 11.7. The molecule has 0 aromatic carbocycles. The second-order valence-electron chi connectivity index (χ2n) is 10.2. The molecule has 4 aliphatic rings. The van der Waals surface area contributed by atoms with Gasteiger partial charge in [0.1, 0.15) is 12.2 Å². The van der Waals surface area contributed by atoms with Gasteiger partial charge in [-0.15, -0.1) is 0 Å². The molecule has 0 unspecified atom stereocenters. The Kier molecular flexibility index (Phi) is 5.39. The predicted molar refractivity (Wildman–Crippen MR) is 111 cm³/mol. The van der Waals surface area contributed by atoms with Crippen molar-refractivity contribution in [3.8, 4) is 0 Å². The number of furan rings is 1. The average Bonchev–Trinajstić information content (AvgIpc) is 3.19. The molecular weight excluding hydrogens is 432 g/mol. The van der Waals surface area contributed by atoms with Crippen LogP contribution in [-0.2, 0) is 28.5 Å². The lowest BCUT2D eigenvalue weighted by Crippen LogP contribution is -2.71. The molecule has 1 aromatic heterocycles. The Morgan fingerprint density at radius 3 is 2.55 bits per heavy atom. The van der Waals surface area contributed by atoms with Gasteiger partial charge in [0.25, 0.3) is 0 Å². The van der Waals surface area contributed by atoms with E-state index >= 15 is 0 Å². The van der Waals surface area contributed by atoms with Gasteiger partial charge in [-0.1, -0.05) is 6.92 Å². The smallest absolute Gasteiger partial charge is 0.304 e. The molecule has 0 bridgehead atoms. The summed E-state index contributed by atoms with van der Waals surface area (Å²) in [7, 11) is 0. The number of ether oxygens (including phenoxy) is 4. The van der Waals surface area contributed by atoms with E-state index in [1.165, 1.54) is 13.8 Å². The van der Waals surface area contributed by atoms with Crippen LogP contribution in [0.4, 0.5) is 0 Å². The number of aliphatic hydroxyl groups is 2. The minimum absolute atomic E-state index is 0.0738. The van der Waals surface area contributed by atoms with Crippen molar-refractivity contribution in [2.24, 2.45) is 22.7 Å². The number of aliphatic hydroxyl groups excluding tert-OH is 2. The van der Waals surface area contributed by atoms with Crippen LogP contribution in [0.2, 0.25) is 0 Å². The van der Waals surface area contributed by atoms with E-state index in [4.69, 9.17) is 23.4 Å². The van der Waals surface area contributed by atoms with Crippen LogP contribution < -0.4 is 0 Å². The van der Waals surface area contributed by atoms with Gasteiger partial charge in [0.15, 0.2) is 0 Å². The Balaban J connectivity index is 1.64. The number of carbonyl (C=O) groups is 2. The number of carbonyl (C=O) groups excluding carboxylic acids is 2. The average molecular weight is 465 g/mol. The summed E-state index contributed by atoms with van der Waals surface area (Å²) >= 11 is 0. The van der Waals surface area contributed by atoms with Gasteiger partial charge in [-0.25, -0.2) is 0 Å². The summed E-state index contributed by atoms with van der Waals surface area (Å²) in [5, 5.41) is 22.5. The normalized spacial score (nSPS) is 46.2. The van der Waals surface area contributed by atoms with Gasteiger partial charge in [-0.05, 0) is 43.6 Å². The third-order valence-corrected chi connectivity index (χ3v) is 8.84. The highest BCUT2D eigenvalue weighted by Gasteiger charge is 2.79. The maximum atomic E-state index is 12.1. The van der Waals surface area contributed by atoms with Crippen LogP contribution in [0.3, 0.4) is 0 Å². The van der Waals surface area contributed by atoms with Crippen molar-refractivity contribution >= 4 is 11.9 Å². The topological polar surface area (TPSA) is 128 Å². The third-order valence-electron chi connectivity index (χ3n) is 8.84. The minimum Gasteiger partial charge on any atom is -0.472 e. The molecule has 2 spiro atoms. The zero-order chi connectivity index (χ0) is 23.6. The lowest BCUT2D eigenvalue weighted by atomic mass is 9.42. The Labute approximate surface area is 192 Å². The van der Waals surface area contributed by atoms with Gasteiger partial charge in [-0.2, -0.15) is 0 Å². The van der Waals surface area contributed by atoms with Crippen molar-refractivity contribution in [2.45, 2.75) is 76.7 Å². The lowest BCUT2D eigenvalue weighted by Gasteiger charge is -2.63. The molecule has 9 nitrogen and oxygen atoms in total. The van der Waals surface area contributed by atoms with E-state index in [0.29, 0.717) is 25.7 Å². The molecule has 2 saturated carbocycles. The van der Waals surface area contributed by atoms with Gasteiger partial charge in [-0.3, -0.25) is 9.59 Å². The number of hydrogen-bond donors (Lipinski definition) is 2. The molecule has 2 N–H and O–H groups in total. The van der Waals surface area contributed by atoms with Crippen LogP contribution in [0.1, 0.15) is 58.1 Å². The van der Waals surface area contributed by atoms with E-state index in [2.05, 4.69) is 0 Å². The van der Waals surface area contributed by atoms with Gasteiger partial charge in [0.05, 0.1) is 42.9 Å². The molecule has 9 atom stereocenters. The van der Waals surface area contributed by atoms with E-state index < -0.39 is 46.9 Å². The highest BCUT2D eigenvalue weighted by Crippen LogP contribution is 2.72. The molecule has 0 radical (unpaired) electrons. The predicted octanol–water partition coefficient (Wildman–Crippen LogP) is 2.11. The van der Waals surface area contributed by atoms with Crippen LogP contribution in [-0.4, -0.2) is 59.5 Å². The van der Waals surface area contributed by atoms with E-state index in [1.54, 1.807) is 12.5 Å². The third kappa shape index (κ3) is 3.12. The number of hydrogen-bond acceptors (Lipinski definition) is 9. The van der Waals surface area contributed by atoms with E-state index in [9.17, 15) is 19.8 Å². The quantitative estimate of drug-likeness (QED) is 0.508. The number of esters is 2. The molecule has 2 aliphatic heterocycles. The monoisotopic (exact) mass is 464 g/mol. The van der Waals surface area contributed by atoms with Crippen LogP contribution >= 0.6 is 0 Å². The minimum atomic E-state index is -1.05. The molecule has 0 amide bonds. The fourth-order valence-electron chi connectivity index (χ4n) is 7.29. The molecule has 5 rings (SSSR count). The number of fused-ring (bicyclic) bond motifs is 3. The molecule has 33 heavy (non-hydrogen) atoms. The number of rotatable bonds is 4. The first-order valence-electron chi connectivity index (χ1n) is 11.7. The largest absolute Gasteiger partial charge is 0.472 e. The summed E-state index contributed by atoms with van der Waals surface area (Å²) in [5.41, 5.74) is -1.88. The maximum absolute atomic E-state index is 12.1. The molecule has 182 valence electrons. The Bertz CT molecular complexity index is 909. The molecule has 9 heteroatoms. The zero-order valence-electron chi connectivity index (χ0n) is 19.2. The summed E-state index contributed by atoms with van der Waals surface area (Å²) in [4.78, 5) is 24.0. The highest BCUT2D eigenvalue weighted by molar-refractivity contribution is 5.66. The van der Waals surface area contributed by atoms with Crippen molar-refractivity contribution in [1.29, 1.82) is 0 Å². The lowest BCUT2D eigenvalue weighted by molar-refractivity contribution is -0.277. The van der Waals surface area contributed by atoms with E-state index in [0.717, 1.165) is 5.56 Å². The molecule has 2 aliphatic carbocycles. The van der Waals surface area contributed by atoms with E-state index in [-0.39, 0.29) is 31.2 Å². The number of epoxide rings is 1. The van der Waals surface area contributed by atoms with Gasteiger partial charge < -0.3 is 33.6 Å². The second-order valence-corrected chi connectivity index (χ2v) is 10.2. The summed E-state index contributed by atoms with van der Waals surface area (Å²) in [6.07, 6.45) is 2.25. The summed E-state index contributed by atoms with van der Waals surface area (Å²) < 4.78 is 28.9. The molecule has 4 fully saturated rings. The molecular formula is C24H32O9. The van der Waals surface area contributed by atoms with Gasteiger partial charge in [0, 0.05) is 24.8 Å². The van der Waals surface area contributed by atoms with Crippen LogP contribution in [0.15, 0.2) is 23.0 Å².